The fraction of sp³-hybridized carbons (Fsp3) is 0.231. The lowest BCUT2D eigenvalue weighted by atomic mass is 9.98. The Balaban J connectivity index is 1.46. The Morgan fingerprint density at radius 1 is 0.941 bits per heavy atom. The maximum atomic E-state index is 4.80. The normalized spacial score (nSPS) is 11.1. The molecule has 0 spiro atoms. The molecule has 34 heavy (non-hydrogen) atoms. The lowest BCUT2D eigenvalue weighted by Crippen LogP contribution is -2.25. The maximum Gasteiger partial charge on any atom is 0.180 e. The van der Waals surface area contributed by atoms with Crippen LogP contribution in [0.15, 0.2) is 60.8 Å². The Morgan fingerprint density at radius 2 is 1.74 bits per heavy atom. The number of aromatic nitrogens is 7. The van der Waals surface area contributed by atoms with E-state index in [0.717, 1.165) is 64.4 Å². The van der Waals surface area contributed by atoms with E-state index in [1.54, 1.807) is 0 Å². The molecule has 5 rings (SSSR count). The first-order chi connectivity index (χ1) is 16.6. The van der Waals surface area contributed by atoms with Gasteiger partial charge in [-0.3, -0.25) is 4.98 Å². The fourth-order valence-electron chi connectivity index (χ4n) is 4.22. The van der Waals surface area contributed by atoms with Crippen LogP contribution in [-0.4, -0.2) is 42.1 Å². The topological polar surface area (TPSA) is 96.4 Å². The zero-order chi connectivity index (χ0) is 23.5. The largest absolute Gasteiger partial charge is 0.352 e. The van der Waals surface area contributed by atoms with Crippen LogP contribution in [0.1, 0.15) is 30.4 Å². The highest BCUT2D eigenvalue weighted by Crippen LogP contribution is 2.30. The van der Waals surface area contributed by atoms with Crippen molar-refractivity contribution >= 4 is 16.7 Å². The van der Waals surface area contributed by atoms with Gasteiger partial charge in [0.1, 0.15) is 11.6 Å². The summed E-state index contributed by atoms with van der Waals surface area (Å²) in [5.41, 5.74) is 6.26. The fourth-order valence-corrected chi connectivity index (χ4v) is 4.22. The molecular formula is C26H26N8. The Bertz CT molecular complexity index is 1410. The molecule has 3 heterocycles. The number of H-pyrrole nitrogens is 1. The molecule has 8 nitrogen and oxygen atoms in total. The number of nitrogens with zero attached hydrogens (tertiary/aromatic N) is 7. The third-order valence-corrected chi connectivity index (χ3v) is 5.77. The second-order valence-corrected chi connectivity index (χ2v) is 8.35. The number of tetrazole rings is 1. The minimum Gasteiger partial charge on any atom is -0.352 e. The van der Waals surface area contributed by atoms with Crippen LogP contribution >= 0.6 is 0 Å². The molecule has 0 fully saturated rings. The lowest BCUT2D eigenvalue weighted by Gasteiger charge is -2.25. The molecule has 170 valence electrons. The van der Waals surface area contributed by atoms with Crippen LogP contribution in [0.3, 0.4) is 0 Å². The SMILES string of the molecule is CCCN(Cc1ccc(-c2ccccc2-c2nnn[nH]2)cc1)c1nc(C)nc2cc(C)ncc12. The first-order valence-electron chi connectivity index (χ1n) is 11.4. The molecule has 0 atom stereocenters. The molecule has 0 saturated carbocycles. The van der Waals surface area contributed by atoms with Crippen LogP contribution < -0.4 is 4.90 Å². The van der Waals surface area contributed by atoms with Crippen LogP contribution in [0, 0.1) is 13.8 Å². The number of rotatable bonds is 7. The van der Waals surface area contributed by atoms with E-state index in [1.807, 2.05) is 44.3 Å². The quantitative estimate of drug-likeness (QED) is 0.376. The molecule has 0 amide bonds. The molecule has 0 aliphatic carbocycles. The zero-order valence-electron chi connectivity index (χ0n) is 19.5. The molecular weight excluding hydrogens is 424 g/mol. The number of aryl methyl sites for hydroxylation is 2. The number of nitrogens with one attached hydrogen (secondary N) is 1. The number of hydrogen-bond donors (Lipinski definition) is 1. The second-order valence-electron chi connectivity index (χ2n) is 8.35. The minimum absolute atomic E-state index is 0.656. The van der Waals surface area contributed by atoms with Crippen molar-refractivity contribution in [2.24, 2.45) is 0 Å². The molecule has 0 radical (unpaired) electrons. The van der Waals surface area contributed by atoms with Crippen LogP contribution in [0.5, 0.6) is 0 Å². The van der Waals surface area contributed by atoms with Gasteiger partial charge < -0.3 is 4.90 Å². The van der Waals surface area contributed by atoms with Crippen LogP contribution in [0.2, 0.25) is 0 Å². The van der Waals surface area contributed by atoms with Crippen molar-refractivity contribution in [1.82, 2.24) is 35.6 Å². The van der Waals surface area contributed by atoms with E-state index in [2.05, 4.69) is 72.7 Å². The van der Waals surface area contributed by atoms with Crippen LogP contribution in [0.25, 0.3) is 33.4 Å². The van der Waals surface area contributed by atoms with E-state index in [-0.39, 0.29) is 0 Å². The van der Waals surface area contributed by atoms with Gasteiger partial charge in [-0.1, -0.05) is 55.5 Å². The number of hydrogen-bond acceptors (Lipinski definition) is 7. The summed E-state index contributed by atoms with van der Waals surface area (Å²) in [6.45, 7) is 7.76. The highest BCUT2D eigenvalue weighted by molar-refractivity contribution is 5.89. The summed E-state index contributed by atoms with van der Waals surface area (Å²) in [7, 11) is 0. The van der Waals surface area contributed by atoms with Crippen molar-refractivity contribution in [3.05, 3.63) is 77.9 Å². The molecule has 5 aromatic rings. The van der Waals surface area contributed by atoms with Gasteiger partial charge in [0.15, 0.2) is 5.82 Å². The predicted octanol–water partition coefficient (Wildman–Crippen LogP) is 4.91. The summed E-state index contributed by atoms with van der Waals surface area (Å²) in [6, 6.07) is 18.8. The first kappa shape index (κ1) is 21.6. The number of benzene rings is 2. The van der Waals surface area contributed by atoms with Gasteiger partial charge in [-0.05, 0) is 53.5 Å². The van der Waals surface area contributed by atoms with Gasteiger partial charge in [0.05, 0.1) is 10.9 Å². The average Bonchev–Trinajstić information content (AvgIpc) is 3.38. The summed E-state index contributed by atoms with van der Waals surface area (Å²) in [5.74, 6) is 2.36. The van der Waals surface area contributed by atoms with E-state index in [9.17, 15) is 0 Å². The number of pyridine rings is 1. The molecule has 0 bridgehead atoms. The summed E-state index contributed by atoms with van der Waals surface area (Å²) in [5, 5.41) is 15.4. The number of fused-ring (bicyclic) bond motifs is 1. The minimum atomic E-state index is 0.656. The first-order valence-corrected chi connectivity index (χ1v) is 11.4. The Labute approximate surface area is 198 Å². The van der Waals surface area contributed by atoms with E-state index in [1.165, 1.54) is 5.56 Å². The van der Waals surface area contributed by atoms with Crippen molar-refractivity contribution in [2.45, 2.75) is 33.7 Å². The van der Waals surface area contributed by atoms with Gasteiger partial charge in [-0.15, -0.1) is 5.10 Å². The summed E-state index contributed by atoms with van der Waals surface area (Å²) in [6.07, 6.45) is 2.90. The summed E-state index contributed by atoms with van der Waals surface area (Å²) in [4.78, 5) is 16.2. The molecule has 0 unspecified atom stereocenters. The van der Waals surface area contributed by atoms with Crippen molar-refractivity contribution in [3.63, 3.8) is 0 Å². The Kier molecular flexibility index (Phi) is 5.95. The number of aromatic amines is 1. The van der Waals surface area contributed by atoms with E-state index >= 15 is 0 Å². The molecule has 3 aromatic heterocycles. The van der Waals surface area contributed by atoms with Crippen molar-refractivity contribution in [2.75, 3.05) is 11.4 Å². The highest BCUT2D eigenvalue weighted by Gasteiger charge is 2.15. The standard InChI is InChI=1S/C26H26N8/c1-4-13-34(26-23-15-27-17(2)14-24(23)28-18(3)29-26)16-19-9-11-20(12-10-19)21-7-5-6-8-22(21)25-30-32-33-31-25/h5-12,14-15H,4,13,16H2,1-3H3,(H,30,31,32,33). The smallest absolute Gasteiger partial charge is 0.180 e. The van der Waals surface area contributed by atoms with E-state index < -0.39 is 0 Å². The van der Waals surface area contributed by atoms with Crippen LogP contribution in [0.4, 0.5) is 5.82 Å². The average molecular weight is 451 g/mol. The predicted molar refractivity (Wildman–Crippen MR) is 133 cm³/mol. The molecule has 0 aliphatic heterocycles. The third kappa shape index (κ3) is 4.34. The molecule has 8 heteroatoms. The molecule has 2 aromatic carbocycles. The van der Waals surface area contributed by atoms with Gasteiger partial charge in [-0.2, -0.15) is 0 Å². The van der Waals surface area contributed by atoms with Gasteiger partial charge in [0, 0.05) is 30.5 Å². The maximum absolute atomic E-state index is 4.80. The molecule has 0 saturated heterocycles. The van der Waals surface area contributed by atoms with Gasteiger partial charge in [0.2, 0.25) is 0 Å². The summed E-state index contributed by atoms with van der Waals surface area (Å²) >= 11 is 0. The van der Waals surface area contributed by atoms with Crippen LogP contribution in [-0.2, 0) is 6.54 Å². The van der Waals surface area contributed by atoms with E-state index in [4.69, 9.17) is 4.98 Å². The summed E-state index contributed by atoms with van der Waals surface area (Å²) < 4.78 is 0. The van der Waals surface area contributed by atoms with Crippen molar-refractivity contribution < 1.29 is 0 Å². The van der Waals surface area contributed by atoms with Gasteiger partial charge in [0.25, 0.3) is 0 Å². The lowest BCUT2D eigenvalue weighted by molar-refractivity contribution is 0.754. The van der Waals surface area contributed by atoms with Gasteiger partial charge >= 0.3 is 0 Å². The Hall–Kier alpha value is -4.20. The number of anilines is 1. The highest BCUT2D eigenvalue weighted by atomic mass is 15.5. The molecule has 1 N–H and O–H groups in total. The third-order valence-electron chi connectivity index (χ3n) is 5.77. The van der Waals surface area contributed by atoms with Crippen molar-refractivity contribution in [1.29, 1.82) is 0 Å². The molecule has 0 aliphatic rings. The monoisotopic (exact) mass is 450 g/mol. The Morgan fingerprint density at radius 3 is 2.47 bits per heavy atom. The van der Waals surface area contributed by atoms with Gasteiger partial charge in [-0.25, -0.2) is 15.1 Å². The second kappa shape index (κ2) is 9.35. The van der Waals surface area contributed by atoms with Crippen molar-refractivity contribution in [3.8, 4) is 22.5 Å². The van der Waals surface area contributed by atoms with E-state index in [0.29, 0.717) is 5.82 Å². The zero-order valence-corrected chi connectivity index (χ0v) is 19.5.